The molecule has 126 valence electrons. The normalized spacial score (nSPS) is 14.4. The number of nitrogens with zero attached hydrogens (tertiary/aromatic N) is 2. The van der Waals surface area contributed by atoms with E-state index in [0.717, 1.165) is 48.7 Å². The molecule has 23 heavy (non-hydrogen) atoms. The molecule has 0 bridgehead atoms. The van der Waals surface area contributed by atoms with Crippen LogP contribution >= 0.6 is 35.3 Å². The van der Waals surface area contributed by atoms with Crippen molar-refractivity contribution in [1.82, 2.24) is 15.6 Å². The van der Waals surface area contributed by atoms with Crippen LogP contribution in [0.3, 0.4) is 0 Å². The van der Waals surface area contributed by atoms with Crippen LogP contribution in [-0.4, -0.2) is 37.1 Å². The van der Waals surface area contributed by atoms with Crippen LogP contribution in [0.2, 0.25) is 0 Å². The number of guanidine groups is 1. The van der Waals surface area contributed by atoms with Gasteiger partial charge in [0.2, 0.25) is 0 Å². The molecule has 3 N–H and O–H groups in total. The summed E-state index contributed by atoms with van der Waals surface area (Å²) in [4.78, 5) is 9.18. The van der Waals surface area contributed by atoms with Crippen molar-refractivity contribution in [3.63, 3.8) is 0 Å². The van der Waals surface area contributed by atoms with Gasteiger partial charge in [-0.05, 0) is 37.8 Å². The van der Waals surface area contributed by atoms with Gasteiger partial charge in [0.25, 0.3) is 0 Å². The zero-order valence-electron chi connectivity index (χ0n) is 13.3. The Morgan fingerprint density at radius 2 is 2.09 bits per heavy atom. The molecular formula is C16H24IN5S. The van der Waals surface area contributed by atoms with Gasteiger partial charge in [-0.25, -0.2) is 4.98 Å². The van der Waals surface area contributed by atoms with Crippen molar-refractivity contribution in [3.05, 3.63) is 24.3 Å². The highest BCUT2D eigenvalue weighted by Crippen LogP contribution is 2.28. The van der Waals surface area contributed by atoms with Crippen LogP contribution in [0.4, 0.5) is 5.13 Å². The maximum Gasteiger partial charge on any atom is 0.191 e. The van der Waals surface area contributed by atoms with Crippen LogP contribution in [0.25, 0.3) is 10.2 Å². The van der Waals surface area contributed by atoms with E-state index in [1.807, 2.05) is 18.2 Å². The number of rotatable bonds is 7. The quantitative estimate of drug-likeness (QED) is 0.265. The van der Waals surface area contributed by atoms with Crippen LogP contribution in [0, 0.1) is 5.92 Å². The third-order valence-electron chi connectivity index (χ3n) is 3.54. The van der Waals surface area contributed by atoms with Crippen LogP contribution in [0.15, 0.2) is 29.3 Å². The Morgan fingerprint density at radius 3 is 2.83 bits per heavy atom. The molecule has 2 aromatic rings. The van der Waals surface area contributed by atoms with Gasteiger partial charge >= 0.3 is 0 Å². The summed E-state index contributed by atoms with van der Waals surface area (Å²) in [7, 11) is 0. The second kappa shape index (κ2) is 9.27. The van der Waals surface area contributed by atoms with E-state index >= 15 is 0 Å². The molecule has 1 heterocycles. The fourth-order valence-electron chi connectivity index (χ4n) is 2.16. The zero-order chi connectivity index (χ0) is 15.2. The average molecular weight is 445 g/mol. The maximum absolute atomic E-state index is 4.61. The molecule has 0 atom stereocenters. The van der Waals surface area contributed by atoms with Crippen molar-refractivity contribution < 1.29 is 0 Å². The van der Waals surface area contributed by atoms with E-state index in [0.29, 0.717) is 0 Å². The maximum atomic E-state index is 4.61. The van der Waals surface area contributed by atoms with E-state index in [9.17, 15) is 0 Å². The van der Waals surface area contributed by atoms with E-state index in [2.05, 4.69) is 38.9 Å². The third-order valence-corrected chi connectivity index (χ3v) is 4.53. The summed E-state index contributed by atoms with van der Waals surface area (Å²) in [6.45, 7) is 5.58. The van der Waals surface area contributed by atoms with Crippen molar-refractivity contribution in [3.8, 4) is 0 Å². The van der Waals surface area contributed by atoms with Gasteiger partial charge in [-0.15, -0.1) is 24.0 Å². The smallest absolute Gasteiger partial charge is 0.191 e. The Morgan fingerprint density at radius 1 is 1.26 bits per heavy atom. The molecule has 0 unspecified atom stereocenters. The molecule has 1 aliphatic carbocycles. The summed E-state index contributed by atoms with van der Waals surface area (Å²) in [5.74, 6) is 1.73. The highest BCUT2D eigenvalue weighted by molar-refractivity contribution is 14.0. The van der Waals surface area contributed by atoms with Crippen molar-refractivity contribution in [1.29, 1.82) is 0 Å². The summed E-state index contributed by atoms with van der Waals surface area (Å²) >= 11 is 1.69. The summed E-state index contributed by atoms with van der Waals surface area (Å²) < 4.78 is 1.22. The van der Waals surface area contributed by atoms with Gasteiger partial charge in [-0.1, -0.05) is 23.5 Å². The van der Waals surface area contributed by atoms with Gasteiger partial charge in [-0.2, -0.15) is 0 Å². The molecule has 0 saturated heterocycles. The summed E-state index contributed by atoms with van der Waals surface area (Å²) in [5.41, 5.74) is 1.06. The monoisotopic (exact) mass is 445 g/mol. The van der Waals surface area contributed by atoms with E-state index in [4.69, 9.17) is 0 Å². The minimum absolute atomic E-state index is 0. The lowest BCUT2D eigenvalue weighted by molar-refractivity contribution is 0.788. The number of aromatic nitrogens is 1. The Balaban J connectivity index is 0.00000192. The first-order valence-corrected chi connectivity index (χ1v) is 8.78. The molecule has 0 amide bonds. The lowest BCUT2D eigenvalue weighted by atomic mass is 10.3. The van der Waals surface area contributed by atoms with Crippen molar-refractivity contribution in [2.45, 2.75) is 19.8 Å². The van der Waals surface area contributed by atoms with Crippen LogP contribution in [0.5, 0.6) is 0 Å². The Hall–Kier alpha value is -1.09. The Bertz CT molecular complexity index is 605. The van der Waals surface area contributed by atoms with Gasteiger partial charge in [-0.3, -0.25) is 4.99 Å². The Labute approximate surface area is 158 Å². The van der Waals surface area contributed by atoms with Gasteiger partial charge in [0.05, 0.1) is 10.2 Å². The lowest BCUT2D eigenvalue weighted by Crippen LogP contribution is -2.39. The largest absolute Gasteiger partial charge is 0.360 e. The van der Waals surface area contributed by atoms with Crippen LogP contribution in [-0.2, 0) is 0 Å². The number of hydrogen-bond acceptors (Lipinski definition) is 4. The number of anilines is 1. The second-order valence-corrected chi connectivity index (χ2v) is 6.53. The van der Waals surface area contributed by atoms with Gasteiger partial charge in [0.15, 0.2) is 11.1 Å². The molecule has 1 fully saturated rings. The third kappa shape index (κ3) is 5.80. The number of benzene rings is 1. The molecule has 7 heteroatoms. The van der Waals surface area contributed by atoms with Crippen molar-refractivity contribution in [2.24, 2.45) is 10.9 Å². The van der Waals surface area contributed by atoms with Gasteiger partial charge in [0.1, 0.15) is 0 Å². The molecule has 0 spiro atoms. The highest BCUT2D eigenvalue weighted by Gasteiger charge is 2.20. The molecule has 3 rings (SSSR count). The topological polar surface area (TPSA) is 61.3 Å². The highest BCUT2D eigenvalue weighted by atomic mass is 127. The van der Waals surface area contributed by atoms with E-state index in [-0.39, 0.29) is 24.0 Å². The van der Waals surface area contributed by atoms with E-state index in [1.54, 1.807) is 11.3 Å². The number of hydrogen-bond donors (Lipinski definition) is 3. The zero-order valence-corrected chi connectivity index (χ0v) is 16.5. The molecule has 1 aliphatic rings. The fourth-order valence-corrected chi connectivity index (χ4v) is 3.05. The minimum atomic E-state index is 0. The molecule has 1 aromatic carbocycles. The number of para-hydroxylation sites is 1. The van der Waals surface area contributed by atoms with Crippen molar-refractivity contribution in [2.75, 3.05) is 31.5 Å². The number of fused-ring (bicyclic) bond motifs is 1. The molecule has 1 aromatic heterocycles. The fraction of sp³-hybridized carbons (Fsp3) is 0.500. The van der Waals surface area contributed by atoms with E-state index in [1.165, 1.54) is 17.5 Å². The van der Waals surface area contributed by atoms with Crippen molar-refractivity contribution >= 4 is 56.6 Å². The van der Waals surface area contributed by atoms with Crippen LogP contribution in [0.1, 0.15) is 19.8 Å². The first-order valence-electron chi connectivity index (χ1n) is 7.97. The molecule has 0 aliphatic heterocycles. The second-order valence-electron chi connectivity index (χ2n) is 5.50. The summed E-state index contributed by atoms with van der Waals surface area (Å²) in [6, 6.07) is 8.21. The predicted octanol–water partition coefficient (Wildman–Crippen LogP) is 3.29. The predicted molar refractivity (Wildman–Crippen MR) is 110 cm³/mol. The standard InChI is InChI=1S/C16H23N5S.HI/c1-2-17-15(20-11-12-7-8-12)18-9-10-19-16-21-13-5-3-4-6-14(13)22-16;/h3-6,12H,2,7-11H2,1H3,(H,19,21)(H2,17,18,20);1H. The SMILES string of the molecule is CCNC(=NCC1CC1)NCCNc1nc2ccccc2s1.I. The number of halogens is 1. The van der Waals surface area contributed by atoms with E-state index < -0.39 is 0 Å². The Kier molecular flexibility index (Phi) is 7.35. The first kappa shape index (κ1) is 18.3. The summed E-state index contributed by atoms with van der Waals surface area (Å²) in [6.07, 6.45) is 2.67. The van der Waals surface area contributed by atoms with Crippen LogP contribution < -0.4 is 16.0 Å². The minimum Gasteiger partial charge on any atom is -0.360 e. The number of nitrogens with one attached hydrogen (secondary N) is 3. The number of aliphatic imine (C=N–C) groups is 1. The lowest BCUT2D eigenvalue weighted by Gasteiger charge is -2.11. The van der Waals surface area contributed by atoms with Gasteiger partial charge in [0, 0.05) is 26.2 Å². The number of thiazole rings is 1. The average Bonchev–Trinajstić information content (AvgIpc) is 3.26. The molecule has 0 radical (unpaired) electrons. The molecule has 5 nitrogen and oxygen atoms in total. The van der Waals surface area contributed by atoms with Gasteiger partial charge < -0.3 is 16.0 Å². The molecular weight excluding hydrogens is 421 g/mol. The molecule has 1 saturated carbocycles. The summed E-state index contributed by atoms with van der Waals surface area (Å²) in [5, 5.41) is 11.0. The first-order chi connectivity index (χ1) is 10.8.